The predicted molar refractivity (Wildman–Crippen MR) is 106 cm³/mol. The summed E-state index contributed by atoms with van der Waals surface area (Å²) in [7, 11) is -0.210. The van der Waals surface area contributed by atoms with Gasteiger partial charge in [-0.1, -0.05) is 32.0 Å². The molecule has 5 heteroatoms. The van der Waals surface area contributed by atoms with Crippen molar-refractivity contribution >= 4 is 16.1 Å². The highest BCUT2D eigenvalue weighted by Gasteiger charge is 2.24. The summed E-state index contributed by atoms with van der Waals surface area (Å²) >= 11 is 0. The van der Waals surface area contributed by atoms with Crippen molar-refractivity contribution in [2.24, 2.45) is 0 Å². The molecule has 1 atom stereocenters. The van der Waals surface area contributed by atoms with E-state index in [4.69, 9.17) is 0 Å². The van der Waals surface area contributed by atoms with Gasteiger partial charge in [-0.2, -0.15) is 0 Å². The molecule has 0 saturated carbocycles. The van der Waals surface area contributed by atoms with Gasteiger partial charge in [-0.15, -0.1) is 0 Å². The van der Waals surface area contributed by atoms with Gasteiger partial charge in [0, 0.05) is 25.5 Å². The molecular formula is C20H32N2O2S. The van der Waals surface area contributed by atoms with E-state index in [0.29, 0.717) is 6.04 Å². The van der Waals surface area contributed by atoms with Crippen LogP contribution in [0.3, 0.4) is 0 Å². The second kappa shape index (κ2) is 8.97. The number of nitrogens with zero attached hydrogens (tertiary/aromatic N) is 2. The maximum absolute atomic E-state index is 12.0. The molecule has 1 aliphatic carbocycles. The highest BCUT2D eigenvalue weighted by molar-refractivity contribution is 7.92. The second-order valence-corrected chi connectivity index (χ2v) is 9.08. The van der Waals surface area contributed by atoms with E-state index in [-0.39, 0.29) is 0 Å². The van der Waals surface area contributed by atoms with Gasteiger partial charge in [-0.05, 0) is 68.0 Å². The summed E-state index contributed by atoms with van der Waals surface area (Å²) in [5, 5.41) is 1.32. The molecule has 0 aromatic heterocycles. The summed E-state index contributed by atoms with van der Waals surface area (Å²) in [6.45, 7) is 6.75. The standard InChI is InChI=1S/C20H32N2O2S/c1-5-13-22(14-6-2)19-11-10-17-8-7-9-18(20(17)16-19)12-15-25(23,24)21(3)4/h7-9,12,15,19H,5-6,10-11,13-14,16H2,1-4H3/b15-12+. The van der Waals surface area contributed by atoms with Crippen molar-refractivity contribution in [1.29, 1.82) is 0 Å². The molecule has 0 aliphatic heterocycles. The van der Waals surface area contributed by atoms with E-state index >= 15 is 0 Å². The van der Waals surface area contributed by atoms with Crippen LogP contribution >= 0.6 is 0 Å². The summed E-state index contributed by atoms with van der Waals surface area (Å²) < 4.78 is 25.3. The van der Waals surface area contributed by atoms with Crippen LogP contribution in [-0.4, -0.2) is 50.8 Å². The molecule has 0 spiro atoms. The third kappa shape index (κ3) is 5.16. The Bertz CT molecular complexity index is 690. The van der Waals surface area contributed by atoms with Crippen LogP contribution in [0, 0.1) is 0 Å². The van der Waals surface area contributed by atoms with Gasteiger partial charge in [-0.25, -0.2) is 12.7 Å². The zero-order chi connectivity index (χ0) is 18.4. The molecule has 1 aliphatic rings. The topological polar surface area (TPSA) is 40.6 Å². The van der Waals surface area contributed by atoms with Crippen LogP contribution < -0.4 is 0 Å². The van der Waals surface area contributed by atoms with E-state index in [1.807, 2.05) is 12.1 Å². The van der Waals surface area contributed by atoms with Crippen molar-refractivity contribution < 1.29 is 8.42 Å². The molecule has 25 heavy (non-hydrogen) atoms. The van der Waals surface area contributed by atoms with Crippen LogP contribution in [0.2, 0.25) is 0 Å². The zero-order valence-electron chi connectivity index (χ0n) is 16.0. The molecule has 0 fully saturated rings. The van der Waals surface area contributed by atoms with Crippen molar-refractivity contribution in [2.45, 2.75) is 52.0 Å². The average Bonchev–Trinajstić information content (AvgIpc) is 2.59. The Labute approximate surface area is 153 Å². The Kier molecular flexibility index (Phi) is 7.23. The van der Waals surface area contributed by atoms with Crippen LogP contribution in [-0.2, 0) is 22.9 Å². The highest BCUT2D eigenvalue weighted by atomic mass is 32.2. The lowest BCUT2D eigenvalue weighted by atomic mass is 9.84. The molecule has 0 amide bonds. The van der Waals surface area contributed by atoms with Gasteiger partial charge in [0.15, 0.2) is 0 Å². The van der Waals surface area contributed by atoms with Crippen molar-refractivity contribution in [3.8, 4) is 0 Å². The largest absolute Gasteiger partial charge is 0.300 e. The fourth-order valence-electron chi connectivity index (χ4n) is 3.60. The highest BCUT2D eigenvalue weighted by Crippen LogP contribution is 2.28. The zero-order valence-corrected chi connectivity index (χ0v) is 16.8. The Morgan fingerprint density at radius 3 is 2.44 bits per heavy atom. The summed E-state index contributed by atoms with van der Waals surface area (Å²) in [4.78, 5) is 2.61. The first-order chi connectivity index (χ1) is 11.9. The van der Waals surface area contributed by atoms with E-state index in [2.05, 4.69) is 24.8 Å². The number of aryl methyl sites for hydroxylation is 1. The van der Waals surface area contributed by atoms with Crippen molar-refractivity contribution in [3.63, 3.8) is 0 Å². The number of benzene rings is 1. The smallest absolute Gasteiger partial charge is 0.235 e. The van der Waals surface area contributed by atoms with Gasteiger partial charge in [0.25, 0.3) is 0 Å². The van der Waals surface area contributed by atoms with Crippen molar-refractivity contribution in [1.82, 2.24) is 9.21 Å². The lowest BCUT2D eigenvalue weighted by molar-refractivity contribution is 0.180. The first-order valence-electron chi connectivity index (χ1n) is 9.34. The Morgan fingerprint density at radius 2 is 1.84 bits per heavy atom. The maximum atomic E-state index is 12.0. The van der Waals surface area contributed by atoms with Crippen LogP contribution in [0.25, 0.3) is 6.08 Å². The number of sulfonamides is 1. The Hall–Kier alpha value is -1.17. The fourth-order valence-corrected chi connectivity index (χ4v) is 4.16. The number of hydrogen-bond donors (Lipinski definition) is 0. The van der Waals surface area contributed by atoms with Gasteiger partial charge in [-0.3, -0.25) is 0 Å². The number of rotatable bonds is 8. The molecule has 1 aromatic rings. The normalized spacial score (nSPS) is 18.2. The number of fused-ring (bicyclic) bond motifs is 1. The molecule has 1 aromatic carbocycles. The Morgan fingerprint density at radius 1 is 1.16 bits per heavy atom. The minimum Gasteiger partial charge on any atom is -0.300 e. The van der Waals surface area contributed by atoms with Crippen molar-refractivity contribution in [3.05, 3.63) is 40.3 Å². The molecule has 0 saturated heterocycles. The molecular weight excluding hydrogens is 332 g/mol. The van der Waals surface area contributed by atoms with E-state index in [0.717, 1.165) is 31.5 Å². The fraction of sp³-hybridized carbons (Fsp3) is 0.600. The SMILES string of the molecule is CCCN(CCC)C1CCc2cccc(/C=C/S(=O)(=O)N(C)C)c2C1. The molecule has 1 unspecified atom stereocenters. The van der Waals surface area contributed by atoms with Gasteiger partial charge < -0.3 is 4.90 Å². The van der Waals surface area contributed by atoms with Gasteiger partial charge in [0.2, 0.25) is 10.0 Å². The van der Waals surface area contributed by atoms with E-state index in [9.17, 15) is 8.42 Å². The monoisotopic (exact) mass is 364 g/mol. The quantitative estimate of drug-likeness (QED) is 0.708. The molecule has 0 N–H and O–H groups in total. The second-order valence-electron chi connectivity index (χ2n) is 7.05. The van der Waals surface area contributed by atoms with Crippen LogP contribution in [0.15, 0.2) is 23.6 Å². The summed E-state index contributed by atoms with van der Waals surface area (Å²) in [6.07, 6.45) is 7.39. The summed E-state index contributed by atoms with van der Waals surface area (Å²) in [5.41, 5.74) is 3.73. The van der Waals surface area contributed by atoms with E-state index in [1.54, 1.807) is 20.2 Å². The summed E-state index contributed by atoms with van der Waals surface area (Å²) in [6, 6.07) is 6.82. The molecule has 0 heterocycles. The first-order valence-corrected chi connectivity index (χ1v) is 10.8. The van der Waals surface area contributed by atoms with Crippen molar-refractivity contribution in [2.75, 3.05) is 27.2 Å². The van der Waals surface area contributed by atoms with E-state index in [1.165, 1.54) is 40.1 Å². The summed E-state index contributed by atoms with van der Waals surface area (Å²) in [5.74, 6) is 0. The van der Waals surface area contributed by atoms with Gasteiger partial charge in [0.1, 0.15) is 0 Å². The molecule has 0 radical (unpaired) electrons. The molecule has 4 nitrogen and oxygen atoms in total. The third-order valence-corrected chi connectivity index (χ3v) is 6.46. The van der Waals surface area contributed by atoms with Crippen LogP contribution in [0.1, 0.15) is 49.8 Å². The third-order valence-electron chi connectivity index (χ3n) is 4.96. The lowest BCUT2D eigenvalue weighted by Crippen LogP contribution is -2.40. The predicted octanol–water partition coefficient (Wildman–Crippen LogP) is 3.53. The van der Waals surface area contributed by atoms with Gasteiger partial charge >= 0.3 is 0 Å². The number of hydrogen-bond acceptors (Lipinski definition) is 3. The van der Waals surface area contributed by atoms with Gasteiger partial charge in [0.05, 0.1) is 0 Å². The maximum Gasteiger partial charge on any atom is 0.235 e. The molecule has 2 rings (SSSR count). The first kappa shape index (κ1) is 20.1. The lowest BCUT2D eigenvalue weighted by Gasteiger charge is -2.35. The van der Waals surface area contributed by atoms with Crippen LogP contribution in [0.4, 0.5) is 0 Å². The minimum absolute atomic E-state index is 0.562. The molecule has 140 valence electrons. The minimum atomic E-state index is -3.33. The van der Waals surface area contributed by atoms with E-state index < -0.39 is 10.0 Å². The average molecular weight is 365 g/mol. The van der Waals surface area contributed by atoms with Crippen LogP contribution in [0.5, 0.6) is 0 Å². The Balaban J connectivity index is 2.27. The molecule has 0 bridgehead atoms.